The van der Waals surface area contributed by atoms with Gasteiger partial charge in [-0.25, -0.2) is 0 Å². The van der Waals surface area contributed by atoms with Gasteiger partial charge in [-0.15, -0.1) is 0 Å². The summed E-state index contributed by atoms with van der Waals surface area (Å²) in [7, 11) is 2.09. The van der Waals surface area contributed by atoms with Gasteiger partial charge in [0.1, 0.15) is 0 Å². The lowest BCUT2D eigenvalue weighted by Gasteiger charge is -2.17. The van der Waals surface area contributed by atoms with Crippen molar-refractivity contribution in [3.8, 4) is 0 Å². The van der Waals surface area contributed by atoms with Crippen LogP contribution in [0.1, 0.15) is 18.1 Å². The number of likely N-dealkylation sites (tertiary alicyclic amines) is 1. The zero-order chi connectivity index (χ0) is 9.97. The highest BCUT2D eigenvalue weighted by Gasteiger charge is 2.27. The van der Waals surface area contributed by atoms with Gasteiger partial charge in [-0.05, 0) is 31.6 Å². The minimum absolute atomic E-state index is 0.353. The average molecular weight is 192 g/mol. The number of rotatable bonds is 2. The summed E-state index contributed by atoms with van der Waals surface area (Å²) in [5.74, 6) is 0.365. The molecule has 76 valence electrons. The van der Waals surface area contributed by atoms with Gasteiger partial charge < -0.3 is 10.0 Å². The molecule has 2 heterocycles. The second-order valence-corrected chi connectivity index (χ2v) is 4.04. The molecule has 1 aromatic heterocycles. The van der Waals surface area contributed by atoms with E-state index in [2.05, 4.69) is 16.9 Å². The predicted octanol–water partition coefficient (Wildman–Crippen LogP) is 1.07. The Morgan fingerprint density at radius 1 is 1.64 bits per heavy atom. The number of aliphatic hydroxyl groups excluding tert-OH is 1. The molecule has 0 amide bonds. The maximum atomic E-state index is 10.1. The third-order valence-corrected chi connectivity index (χ3v) is 2.90. The van der Waals surface area contributed by atoms with Crippen molar-refractivity contribution in [1.29, 1.82) is 0 Å². The Morgan fingerprint density at radius 3 is 3.07 bits per heavy atom. The largest absolute Gasteiger partial charge is 0.388 e. The van der Waals surface area contributed by atoms with Gasteiger partial charge in [0, 0.05) is 24.9 Å². The van der Waals surface area contributed by atoms with Crippen LogP contribution < -0.4 is 0 Å². The van der Waals surface area contributed by atoms with Gasteiger partial charge in [0.25, 0.3) is 0 Å². The Labute approximate surface area is 84.4 Å². The molecule has 1 aliphatic heterocycles. The molecule has 0 saturated carbocycles. The summed E-state index contributed by atoms with van der Waals surface area (Å²) in [5, 5.41) is 10.1. The number of aliphatic hydroxyl groups is 1. The zero-order valence-electron chi connectivity index (χ0n) is 8.43. The summed E-state index contributed by atoms with van der Waals surface area (Å²) in [4.78, 5) is 6.28. The fourth-order valence-electron chi connectivity index (χ4n) is 2.05. The molecule has 2 atom stereocenters. The van der Waals surface area contributed by atoms with Crippen molar-refractivity contribution in [2.75, 3.05) is 20.1 Å². The van der Waals surface area contributed by atoms with E-state index in [1.54, 1.807) is 12.4 Å². The lowest BCUT2D eigenvalue weighted by molar-refractivity contribution is 0.112. The number of aromatic nitrogens is 1. The van der Waals surface area contributed by atoms with Crippen molar-refractivity contribution >= 4 is 0 Å². The Kier molecular flexibility index (Phi) is 2.79. The maximum Gasteiger partial charge on any atom is 0.0845 e. The Bertz CT molecular complexity index is 289. The van der Waals surface area contributed by atoms with E-state index in [0.717, 1.165) is 25.1 Å². The molecule has 1 aliphatic rings. The monoisotopic (exact) mass is 192 g/mol. The third-order valence-electron chi connectivity index (χ3n) is 2.90. The van der Waals surface area contributed by atoms with Crippen LogP contribution in [0.2, 0.25) is 0 Å². The van der Waals surface area contributed by atoms with E-state index in [1.165, 1.54) is 0 Å². The highest BCUT2D eigenvalue weighted by atomic mass is 16.3. The fraction of sp³-hybridized carbons (Fsp3) is 0.545. The summed E-state index contributed by atoms with van der Waals surface area (Å²) in [6.45, 7) is 2.07. The molecule has 0 unspecified atom stereocenters. The van der Waals surface area contributed by atoms with E-state index >= 15 is 0 Å². The first-order valence-corrected chi connectivity index (χ1v) is 5.04. The van der Waals surface area contributed by atoms with Crippen molar-refractivity contribution in [2.24, 2.45) is 5.92 Å². The molecule has 14 heavy (non-hydrogen) atoms. The molecule has 0 spiro atoms. The summed E-state index contributed by atoms with van der Waals surface area (Å²) in [6, 6.07) is 3.81. The molecule has 0 aromatic carbocycles. The summed E-state index contributed by atoms with van der Waals surface area (Å²) in [5.41, 5.74) is 0.938. The summed E-state index contributed by atoms with van der Waals surface area (Å²) < 4.78 is 0. The Morgan fingerprint density at radius 2 is 2.50 bits per heavy atom. The van der Waals surface area contributed by atoms with Crippen LogP contribution in [0, 0.1) is 5.92 Å². The molecular formula is C11H16N2O. The summed E-state index contributed by atoms with van der Waals surface area (Å²) in [6.07, 6.45) is 4.21. The van der Waals surface area contributed by atoms with Gasteiger partial charge in [-0.3, -0.25) is 4.98 Å². The molecule has 2 rings (SSSR count). The van der Waals surface area contributed by atoms with Crippen molar-refractivity contribution in [2.45, 2.75) is 12.5 Å². The van der Waals surface area contributed by atoms with Crippen LogP contribution in [0.5, 0.6) is 0 Å². The number of pyridine rings is 1. The van der Waals surface area contributed by atoms with Gasteiger partial charge in [-0.2, -0.15) is 0 Å². The van der Waals surface area contributed by atoms with Crippen LogP contribution in [0.4, 0.5) is 0 Å². The van der Waals surface area contributed by atoms with Gasteiger partial charge in [0.2, 0.25) is 0 Å². The normalized spacial score (nSPS) is 25.1. The standard InChI is InChI=1S/C11H16N2O/c1-13-6-4-10(8-13)11(14)9-3-2-5-12-7-9/h2-3,5,7,10-11,14H,4,6,8H2,1H3/t10-,11+/m0/s1. The van der Waals surface area contributed by atoms with E-state index in [4.69, 9.17) is 0 Å². The van der Waals surface area contributed by atoms with Gasteiger partial charge in [0.15, 0.2) is 0 Å². The van der Waals surface area contributed by atoms with Crippen molar-refractivity contribution in [3.05, 3.63) is 30.1 Å². The van der Waals surface area contributed by atoms with E-state index in [9.17, 15) is 5.11 Å². The van der Waals surface area contributed by atoms with Gasteiger partial charge in [-0.1, -0.05) is 6.07 Å². The van der Waals surface area contributed by atoms with Crippen LogP contribution in [-0.4, -0.2) is 35.1 Å². The quantitative estimate of drug-likeness (QED) is 0.761. The van der Waals surface area contributed by atoms with Crippen LogP contribution in [0.15, 0.2) is 24.5 Å². The minimum Gasteiger partial charge on any atom is -0.388 e. The van der Waals surface area contributed by atoms with Gasteiger partial charge in [0.05, 0.1) is 6.10 Å². The zero-order valence-corrected chi connectivity index (χ0v) is 8.43. The van der Waals surface area contributed by atoms with E-state index < -0.39 is 0 Å². The Hall–Kier alpha value is -0.930. The number of hydrogen-bond acceptors (Lipinski definition) is 3. The van der Waals surface area contributed by atoms with Crippen LogP contribution in [0.25, 0.3) is 0 Å². The second-order valence-electron chi connectivity index (χ2n) is 4.04. The number of hydrogen-bond donors (Lipinski definition) is 1. The predicted molar refractivity (Wildman–Crippen MR) is 54.8 cm³/mol. The van der Waals surface area contributed by atoms with Crippen molar-refractivity contribution in [3.63, 3.8) is 0 Å². The molecule has 3 nitrogen and oxygen atoms in total. The highest BCUT2D eigenvalue weighted by molar-refractivity contribution is 5.13. The molecule has 1 fully saturated rings. The van der Waals surface area contributed by atoms with Crippen LogP contribution >= 0.6 is 0 Å². The van der Waals surface area contributed by atoms with E-state index in [0.29, 0.717) is 5.92 Å². The first-order chi connectivity index (χ1) is 6.77. The maximum absolute atomic E-state index is 10.1. The molecule has 0 radical (unpaired) electrons. The fourth-order valence-corrected chi connectivity index (χ4v) is 2.05. The van der Waals surface area contributed by atoms with E-state index in [1.807, 2.05) is 12.1 Å². The van der Waals surface area contributed by atoms with E-state index in [-0.39, 0.29) is 6.10 Å². The molecule has 1 N–H and O–H groups in total. The molecular weight excluding hydrogens is 176 g/mol. The van der Waals surface area contributed by atoms with Crippen molar-refractivity contribution < 1.29 is 5.11 Å². The topological polar surface area (TPSA) is 36.4 Å². The Balaban J connectivity index is 2.05. The smallest absolute Gasteiger partial charge is 0.0845 e. The highest BCUT2D eigenvalue weighted by Crippen LogP contribution is 2.28. The average Bonchev–Trinajstić information content (AvgIpc) is 2.65. The second kappa shape index (κ2) is 4.07. The molecule has 3 heteroatoms. The lowest BCUT2D eigenvalue weighted by atomic mass is 9.96. The lowest BCUT2D eigenvalue weighted by Crippen LogP contribution is -2.18. The van der Waals surface area contributed by atoms with Crippen LogP contribution in [-0.2, 0) is 0 Å². The summed E-state index contributed by atoms with van der Waals surface area (Å²) >= 11 is 0. The molecule has 0 bridgehead atoms. The molecule has 0 aliphatic carbocycles. The molecule has 1 aromatic rings. The SMILES string of the molecule is CN1CC[C@H]([C@H](O)c2cccnc2)C1. The first kappa shape index (κ1) is 9.62. The van der Waals surface area contributed by atoms with Crippen LogP contribution in [0.3, 0.4) is 0 Å². The minimum atomic E-state index is -0.353. The van der Waals surface area contributed by atoms with Gasteiger partial charge >= 0.3 is 0 Å². The van der Waals surface area contributed by atoms with Crippen molar-refractivity contribution in [1.82, 2.24) is 9.88 Å². The molecule has 1 saturated heterocycles. The number of nitrogens with zero attached hydrogens (tertiary/aromatic N) is 2. The third kappa shape index (κ3) is 1.94. The first-order valence-electron chi connectivity index (χ1n) is 5.04.